The van der Waals surface area contributed by atoms with Crippen LogP contribution in [-0.4, -0.2) is 14.5 Å². The molecule has 0 N–H and O–H groups in total. The molecule has 0 aliphatic carbocycles. The molecule has 3 aromatic heterocycles. The van der Waals surface area contributed by atoms with Crippen LogP contribution in [0, 0.1) is 0 Å². The first-order valence-electron chi connectivity index (χ1n) is 16.2. The van der Waals surface area contributed by atoms with Crippen LogP contribution in [0.2, 0.25) is 0 Å². The van der Waals surface area contributed by atoms with Crippen molar-refractivity contribution >= 4 is 54.6 Å². The van der Waals surface area contributed by atoms with Gasteiger partial charge in [-0.3, -0.25) is 0 Å². The first-order chi connectivity index (χ1) is 23.8. The topological polar surface area (TPSA) is 43.9 Å². The van der Waals surface area contributed by atoms with E-state index in [9.17, 15) is 0 Å². The molecule has 0 amide bonds. The van der Waals surface area contributed by atoms with Gasteiger partial charge in [0.2, 0.25) is 5.89 Å². The lowest BCUT2D eigenvalue weighted by molar-refractivity contribution is 0.620. The van der Waals surface area contributed by atoms with Gasteiger partial charge in [-0.1, -0.05) is 103 Å². The van der Waals surface area contributed by atoms with Crippen LogP contribution in [0.5, 0.6) is 0 Å². The van der Waals surface area contributed by atoms with Crippen LogP contribution in [0.4, 0.5) is 0 Å². The summed E-state index contributed by atoms with van der Waals surface area (Å²) in [5, 5.41) is 5.98. The Bertz CT molecular complexity index is 2780. The SMILES string of the molecule is c1ccc(-c2nc3ccccc3c3cc4c5ccccc5n(-c5ccc(-c6ccc(-c7nc8ccccc8o7)cc6)cc5)c4cc23)cc1. The van der Waals surface area contributed by atoms with E-state index >= 15 is 0 Å². The quantitative estimate of drug-likeness (QED) is 0.186. The molecule has 3 heterocycles. The molecular weight excluding hydrogens is 587 g/mol. The molecule has 4 nitrogen and oxygen atoms in total. The van der Waals surface area contributed by atoms with E-state index in [0.717, 1.165) is 66.5 Å². The second-order valence-electron chi connectivity index (χ2n) is 12.2. The van der Waals surface area contributed by atoms with Crippen LogP contribution in [0.1, 0.15) is 0 Å². The van der Waals surface area contributed by atoms with E-state index in [1.54, 1.807) is 0 Å². The van der Waals surface area contributed by atoms with Crippen molar-refractivity contribution in [1.29, 1.82) is 0 Å². The summed E-state index contributed by atoms with van der Waals surface area (Å²) < 4.78 is 8.37. The van der Waals surface area contributed by atoms with Crippen LogP contribution in [0.3, 0.4) is 0 Å². The van der Waals surface area contributed by atoms with Gasteiger partial charge < -0.3 is 8.98 Å². The van der Waals surface area contributed by atoms with Gasteiger partial charge in [-0.25, -0.2) is 9.97 Å². The molecule has 10 rings (SSSR count). The number of oxazole rings is 1. The zero-order chi connectivity index (χ0) is 31.6. The van der Waals surface area contributed by atoms with E-state index in [4.69, 9.17) is 9.40 Å². The van der Waals surface area contributed by atoms with E-state index in [2.05, 4.69) is 149 Å². The average Bonchev–Trinajstić information content (AvgIpc) is 3.74. The summed E-state index contributed by atoms with van der Waals surface area (Å²) in [6, 6.07) is 57.5. The predicted octanol–water partition coefficient (Wildman–Crippen LogP) is 11.6. The van der Waals surface area contributed by atoms with Crippen LogP contribution in [0.25, 0.3) is 94.1 Å². The summed E-state index contributed by atoms with van der Waals surface area (Å²) in [6.07, 6.45) is 0. The third-order valence-corrected chi connectivity index (χ3v) is 9.43. The summed E-state index contributed by atoms with van der Waals surface area (Å²) >= 11 is 0. The van der Waals surface area contributed by atoms with Crippen molar-refractivity contribution < 1.29 is 4.42 Å². The fraction of sp³-hybridized carbons (Fsp3) is 0. The van der Waals surface area contributed by atoms with Crippen LogP contribution >= 0.6 is 0 Å². The molecule has 0 saturated heterocycles. The first-order valence-corrected chi connectivity index (χ1v) is 16.2. The van der Waals surface area contributed by atoms with E-state index in [0.29, 0.717) is 5.89 Å². The van der Waals surface area contributed by atoms with Crippen molar-refractivity contribution in [3.05, 3.63) is 164 Å². The van der Waals surface area contributed by atoms with Gasteiger partial charge in [0.1, 0.15) is 5.52 Å². The van der Waals surface area contributed by atoms with Gasteiger partial charge >= 0.3 is 0 Å². The maximum atomic E-state index is 5.99. The molecule has 0 aliphatic heterocycles. The Balaban J connectivity index is 1.11. The molecule has 0 unspecified atom stereocenters. The number of para-hydroxylation sites is 4. The molecule has 0 radical (unpaired) electrons. The largest absolute Gasteiger partial charge is 0.436 e. The zero-order valence-electron chi connectivity index (χ0n) is 25.8. The first kappa shape index (κ1) is 26.7. The van der Waals surface area contributed by atoms with E-state index < -0.39 is 0 Å². The number of aromatic nitrogens is 3. The zero-order valence-corrected chi connectivity index (χ0v) is 25.8. The highest BCUT2D eigenvalue weighted by atomic mass is 16.3. The predicted molar refractivity (Wildman–Crippen MR) is 197 cm³/mol. The molecule has 0 atom stereocenters. The van der Waals surface area contributed by atoms with Gasteiger partial charge in [0, 0.05) is 38.4 Å². The van der Waals surface area contributed by atoms with Crippen molar-refractivity contribution in [1.82, 2.24) is 14.5 Å². The minimum Gasteiger partial charge on any atom is -0.436 e. The van der Waals surface area contributed by atoms with Gasteiger partial charge in [0.15, 0.2) is 5.58 Å². The Morgan fingerprint density at radius 1 is 0.396 bits per heavy atom. The molecule has 7 aromatic carbocycles. The van der Waals surface area contributed by atoms with Crippen molar-refractivity contribution in [2.45, 2.75) is 0 Å². The highest BCUT2D eigenvalue weighted by Crippen LogP contribution is 2.40. The smallest absolute Gasteiger partial charge is 0.227 e. The van der Waals surface area contributed by atoms with E-state index in [1.165, 1.54) is 21.7 Å². The number of pyridine rings is 1. The lowest BCUT2D eigenvalue weighted by Gasteiger charge is -2.13. The number of fused-ring (bicyclic) bond motifs is 7. The maximum absolute atomic E-state index is 5.99. The van der Waals surface area contributed by atoms with Gasteiger partial charge in [-0.2, -0.15) is 0 Å². The van der Waals surface area contributed by atoms with Crippen molar-refractivity contribution in [3.8, 4) is 39.5 Å². The number of benzene rings is 7. The molecule has 224 valence electrons. The Hall–Kier alpha value is -6.52. The van der Waals surface area contributed by atoms with Gasteiger partial charge in [-0.05, 0) is 77.2 Å². The van der Waals surface area contributed by atoms with Crippen LogP contribution < -0.4 is 0 Å². The fourth-order valence-corrected chi connectivity index (χ4v) is 7.11. The Morgan fingerprint density at radius 3 is 1.83 bits per heavy atom. The van der Waals surface area contributed by atoms with Crippen LogP contribution in [0.15, 0.2) is 168 Å². The van der Waals surface area contributed by atoms with E-state index in [-0.39, 0.29) is 0 Å². The third kappa shape index (κ3) is 4.16. The Kier molecular flexibility index (Phi) is 5.84. The standard InChI is InChI=1S/C44H27N3O/c1-2-10-30(11-3-1)43-37-27-41-36(26-35(37)33-12-4-6-14-38(33)45-43)34-13-5-8-16-40(34)47(41)32-24-22-29(23-25-32)28-18-20-31(21-19-28)44-46-39-15-7-9-17-42(39)48-44/h1-27H. The molecule has 10 aromatic rings. The number of rotatable bonds is 4. The Labute approximate surface area is 276 Å². The molecule has 0 spiro atoms. The molecule has 0 fully saturated rings. The summed E-state index contributed by atoms with van der Waals surface area (Å²) in [4.78, 5) is 9.86. The monoisotopic (exact) mass is 613 g/mol. The van der Waals surface area contributed by atoms with Crippen LogP contribution in [-0.2, 0) is 0 Å². The van der Waals surface area contributed by atoms with Crippen molar-refractivity contribution in [3.63, 3.8) is 0 Å². The summed E-state index contributed by atoms with van der Waals surface area (Å²) in [6.45, 7) is 0. The highest BCUT2D eigenvalue weighted by molar-refractivity contribution is 6.20. The Morgan fingerprint density at radius 2 is 1.04 bits per heavy atom. The highest BCUT2D eigenvalue weighted by Gasteiger charge is 2.17. The maximum Gasteiger partial charge on any atom is 0.227 e. The third-order valence-electron chi connectivity index (χ3n) is 9.43. The minimum atomic E-state index is 0.635. The number of nitrogens with zero attached hydrogens (tertiary/aromatic N) is 3. The number of hydrogen-bond acceptors (Lipinski definition) is 3. The second-order valence-corrected chi connectivity index (χ2v) is 12.2. The molecule has 0 aliphatic rings. The lowest BCUT2D eigenvalue weighted by atomic mass is 9.98. The summed E-state index contributed by atoms with van der Waals surface area (Å²) in [5.41, 5.74) is 11.5. The van der Waals surface area contributed by atoms with Gasteiger partial charge in [-0.15, -0.1) is 0 Å². The second kappa shape index (κ2) is 10.5. The molecule has 0 saturated carbocycles. The molecule has 48 heavy (non-hydrogen) atoms. The summed E-state index contributed by atoms with van der Waals surface area (Å²) in [7, 11) is 0. The fourth-order valence-electron chi connectivity index (χ4n) is 7.11. The van der Waals surface area contributed by atoms with Crippen molar-refractivity contribution in [2.24, 2.45) is 0 Å². The normalized spacial score (nSPS) is 11.8. The number of hydrogen-bond donors (Lipinski definition) is 0. The average molecular weight is 614 g/mol. The molecular formula is C44H27N3O. The molecule has 0 bridgehead atoms. The van der Waals surface area contributed by atoms with Gasteiger partial charge in [0.05, 0.1) is 22.2 Å². The van der Waals surface area contributed by atoms with E-state index in [1.807, 2.05) is 24.3 Å². The van der Waals surface area contributed by atoms with Gasteiger partial charge in [0.25, 0.3) is 0 Å². The molecule has 4 heteroatoms. The minimum absolute atomic E-state index is 0.635. The lowest BCUT2D eigenvalue weighted by Crippen LogP contribution is -1.95. The van der Waals surface area contributed by atoms with Crippen molar-refractivity contribution in [2.75, 3.05) is 0 Å². The summed E-state index contributed by atoms with van der Waals surface area (Å²) in [5.74, 6) is 0.635.